The van der Waals surface area contributed by atoms with E-state index in [4.69, 9.17) is 9.47 Å². The Labute approximate surface area is 173 Å². The van der Waals surface area contributed by atoms with E-state index in [1.165, 1.54) is 17.8 Å². The molecule has 3 aromatic rings. The van der Waals surface area contributed by atoms with Gasteiger partial charge in [0.25, 0.3) is 0 Å². The van der Waals surface area contributed by atoms with E-state index in [0.29, 0.717) is 10.9 Å². The van der Waals surface area contributed by atoms with Crippen LogP contribution in [0, 0.1) is 13.8 Å². The lowest BCUT2D eigenvalue weighted by atomic mass is 10.2. The van der Waals surface area contributed by atoms with Gasteiger partial charge in [0.1, 0.15) is 0 Å². The zero-order chi connectivity index (χ0) is 20.2. The van der Waals surface area contributed by atoms with Gasteiger partial charge in [-0.25, -0.2) is 9.97 Å². The van der Waals surface area contributed by atoms with Gasteiger partial charge in [-0.3, -0.25) is 4.79 Å². The summed E-state index contributed by atoms with van der Waals surface area (Å²) in [5, 5.41) is 3.57. The summed E-state index contributed by atoms with van der Waals surface area (Å²) in [7, 11) is 0. The summed E-state index contributed by atoms with van der Waals surface area (Å²) in [5.41, 5.74) is 3.47. The molecule has 6 nitrogen and oxygen atoms in total. The molecule has 1 aliphatic heterocycles. The number of hydrogen-bond acceptors (Lipinski definition) is 6. The molecule has 1 aliphatic rings. The van der Waals surface area contributed by atoms with Crippen LogP contribution in [0.4, 0.5) is 5.69 Å². The number of hydrogen-bond donors (Lipinski definition) is 1. The normalized spacial score (nSPS) is 12.3. The number of carbonyl (C=O) groups is 1. The average Bonchev–Trinajstić information content (AvgIpc) is 3.15. The van der Waals surface area contributed by atoms with Gasteiger partial charge in [-0.1, -0.05) is 6.07 Å². The van der Waals surface area contributed by atoms with E-state index in [9.17, 15) is 4.79 Å². The van der Waals surface area contributed by atoms with Gasteiger partial charge in [0.05, 0.1) is 0 Å². The summed E-state index contributed by atoms with van der Waals surface area (Å²) < 4.78 is 10.6. The molecule has 7 heteroatoms. The zero-order valence-corrected chi connectivity index (χ0v) is 16.8. The second kappa shape index (κ2) is 8.36. The van der Waals surface area contributed by atoms with Crippen molar-refractivity contribution in [1.82, 2.24) is 9.97 Å². The van der Waals surface area contributed by atoms with Crippen molar-refractivity contribution in [2.24, 2.45) is 0 Å². The number of ether oxygens (including phenoxy) is 2. The molecule has 146 valence electrons. The van der Waals surface area contributed by atoms with Crippen LogP contribution in [0.25, 0.3) is 6.08 Å². The van der Waals surface area contributed by atoms with Gasteiger partial charge in [-0.05, 0) is 79.7 Å². The third-order valence-corrected chi connectivity index (χ3v) is 4.99. The molecule has 0 saturated heterocycles. The standard InChI is InChI=1S/C22H19N3O3S/c1-14-11-15(2)24-22(23-14)29-18-7-5-17(6-8-18)25-21(26)10-4-16-3-9-19-20(12-16)28-13-27-19/h3-12H,13H2,1-2H3,(H,25,26)/b10-4+. The van der Waals surface area contributed by atoms with Crippen molar-refractivity contribution in [2.75, 3.05) is 12.1 Å². The highest BCUT2D eigenvalue weighted by Gasteiger charge is 2.12. The molecule has 0 saturated carbocycles. The highest BCUT2D eigenvalue weighted by Crippen LogP contribution is 2.32. The lowest BCUT2D eigenvalue weighted by Crippen LogP contribution is -2.07. The molecule has 1 amide bonds. The van der Waals surface area contributed by atoms with E-state index < -0.39 is 0 Å². The molecule has 0 bridgehead atoms. The van der Waals surface area contributed by atoms with Crippen LogP contribution in [-0.4, -0.2) is 22.7 Å². The third kappa shape index (κ3) is 4.94. The fourth-order valence-electron chi connectivity index (χ4n) is 2.82. The van der Waals surface area contributed by atoms with Crippen molar-refractivity contribution in [3.05, 3.63) is 71.6 Å². The molecule has 29 heavy (non-hydrogen) atoms. The fourth-order valence-corrected chi connectivity index (χ4v) is 3.69. The number of nitrogens with one attached hydrogen (secondary N) is 1. The van der Waals surface area contributed by atoms with Crippen LogP contribution in [0.3, 0.4) is 0 Å². The van der Waals surface area contributed by atoms with Crippen LogP contribution in [0.1, 0.15) is 17.0 Å². The molecule has 1 aromatic heterocycles. The first-order valence-corrected chi connectivity index (χ1v) is 9.86. The first-order valence-electron chi connectivity index (χ1n) is 9.04. The molecule has 0 aliphatic carbocycles. The summed E-state index contributed by atoms with van der Waals surface area (Å²) in [5.74, 6) is 1.20. The molecule has 0 atom stereocenters. The van der Waals surface area contributed by atoms with Crippen molar-refractivity contribution in [1.29, 1.82) is 0 Å². The molecule has 0 fully saturated rings. The fraction of sp³-hybridized carbons (Fsp3) is 0.136. The first-order chi connectivity index (χ1) is 14.0. The predicted molar refractivity (Wildman–Crippen MR) is 112 cm³/mol. The minimum Gasteiger partial charge on any atom is -0.454 e. The molecule has 4 rings (SSSR count). The number of rotatable bonds is 5. The van der Waals surface area contributed by atoms with Gasteiger partial charge in [-0.2, -0.15) is 0 Å². The second-order valence-electron chi connectivity index (χ2n) is 6.50. The Kier molecular flexibility index (Phi) is 5.48. The van der Waals surface area contributed by atoms with Gasteiger partial charge >= 0.3 is 0 Å². The van der Waals surface area contributed by atoms with Crippen molar-refractivity contribution in [3.8, 4) is 11.5 Å². The average molecular weight is 405 g/mol. The van der Waals surface area contributed by atoms with Crippen LogP contribution >= 0.6 is 11.8 Å². The van der Waals surface area contributed by atoms with E-state index in [1.54, 1.807) is 6.08 Å². The minimum absolute atomic E-state index is 0.208. The largest absolute Gasteiger partial charge is 0.454 e. The molecule has 0 radical (unpaired) electrons. The van der Waals surface area contributed by atoms with Crippen molar-refractivity contribution in [2.45, 2.75) is 23.9 Å². The summed E-state index contributed by atoms with van der Waals surface area (Å²) in [6.07, 6.45) is 3.22. The van der Waals surface area contributed by atoms with Crippen LogP contribution in [0.5, 0.6) is 11.5 Å². The summed E-state index contributed by atoms with van der Waals surface area (Å²) in [4.78, 5) is 22.1. The van der Waals surface area contributed by atoms with Gasteiger partial charge in [-0.15, -0.1) is 0 Å². The second-order valence-corrected chi connectivity index (χ2v) is 7.54. The van der Waals surface area contributed by atoms with E-state index in [1.807, 2.05) is 62.4 Å². The van der Waals surface area contributed by atoms with E-state index in [2.05, 4.69) is 15.3 Å². The summed E-state index contributed by atoms with van der Waals surface area (Å²) in [6.45, 7) is 4.13. The maximum absolute atomic E-state index is 12.2. The molecule has 1 N–H and O–H groups in total. The van der Waals surface area contributed by atoms with E-state index in [-0.39, 0.29) is 12.7 Å². The quantitative estimate of drug-likeness (QED) is 0.493. The monoisotopic (exact) mass is 405 g/mol. The lowest BCUT2D eigenvalue weighted by molar-refractivity contribution is -0.111. The number of aryl methyl sites for hydroxylation is 2. The highest BCUT2D eigenvalue weighted by molar-refractivity contribution is 7.99. The number of nitrogens with zero attached hydrogens (tertiary/aromatic N) is 2. The maximum atomic E-state index is 12.2. The summed E-state index contributed by atoms with van der Waals surface area (Å²) >= 11 is 1.49. The van der Waals surface area contributed by atoms with Crippen molar-refractivity contribution < 1.29 is 14.3 Å². The summed E-state index contributed by atoms with van der Waals surface area (Å²) in [6, 6.07) is 15.1. The van der Waals surface area contributed by atoms with Crippen LogP contribution < -0.4 is 14.8 Å². The van der Waals surface area contributed by atoms with Crippen molar-refractivity contribution in [3.63, 3.8) is 0 Å². The Morgan fingerprint density at radius 2 is 1.72 bits per heavy atom. The SMILES string of the molecule is Cc1cc(C)nc(Sc2ccc(NC(=O)/C=C/c3ccc4c(c3)OCO4)cc2)n1. The van der Waals surface area contributed by atoms with Gasteiger partial charge in [0.15, 0.2) is 16.7 Å². The minimum atomic E-state index is -0.208. The Hall–Kier alpha value is -3.32. The van der Waals surface area contributed by atoms with Crippen LogP contribution in [0.2, 0.25) is 0 Å². The Balaban J connectivity index is 1.36. The topological polar surface area (TPSA) is 73.3 Å². The molecule has 0 spiro atoms. The van der Waals surface area contributed by atoms with E-state index >= 15 is 0 Å². The molecular formula is C22H19N3O3S. The maximum Gasteiger partial charge on any atom is 0.248 e. The Morgan fingerprint density at radius 3 is 2.48 bits per heavy atom. The number of aromatic nitrogens is 2. The number of fused-ring (bicyclic) bond motifs is 1. The lowest BCUT2D eigenvalue weighted by Gasteiger charge is -2.05. The Morgan fingerprint density at radius 1 is 1.00 bits per heavy atom. The molecular weight excluding hydrogens is 386 g/mol. The van der Waals surface area contributed by atoms with Gasteiger partial charge in [0.2, 0.25) is 12.7 Å². The number of amides is 1. The highest BCUT2D eigenvalue weighted by atomic mass is 32.2. The smallest absolute Gasteiger partial charge is 0.248 e. The van der Waals surface area contributed by atoms with Gasteiger partial charge in [0, 0.05) is 28.0 Å². The Bertz CT molecular complexity index is 1060. The molecule has 2 heterocycles. The predicted octanol–water partition coefficient (Wildman–Crippen LogP) is 4.63. The zero-order valence-electron chi connectivity index (χ0n) is 16.0. The third-order valence-electron chi connectivity index (χ3n) is 4.12. The van der Waals surface area contributed by atoms with Crippen molar-refractivity contribution >= 4 is 29.4 Å². The van der Waals surface area contributed by atoms with Crippen LogP contribution in [-0.2, 0) is 4.79 Å². The van der Waals surface area contributed by atoms with Gasteiger partial charge < -0.3 is 14.8 Å². The van der Waals surface area contributed by atoms with Crippen LogP contribution in [0.15, 0.2) is 64.7 Å². The molecule has 2 aromatic carbocycles. The number of carbonyl (C=O) groups excluding carboxylic acids is 1. The van der Waals surface area contributed by atoms with E-state index in [0.717, 1.165) is 33.3 Å². The number of anilines is 1. The molecule has 0 unspecified atom stereocenters. The first kappa shape index (κ1) is 19.0. The number of benzene rings is 2.